The van der Waals surface area contributed by atoms with E-state index in [-0.39, 0.29) is 11.9 Å². The number of aromatic nitrogens is 2. The molecule has 1 aromatic heterocycles. The van der Waals surface area contributed by atoms with Crippen LogP contribution in [0.5, 0.6) is 0 Å². The highest BCUT2D eigenvalue weighted by Crippen LogP contribution is 2.24. The Labute approximate surface area is 203 Å². The van der Waals surface area contributed by atoms with E-state index >= 15 is 0 Å². The first-order valence-corrected chi connectivity index (χ1v) is 13.1. The summed E-state index contributed by atoms with van der Waals surface area (Å²) in [5.74, 6) is 1.69. The molecular formula is C25H40N6O3. The number of nitrogens with zero attached hydrogens (tertiary/aromatic N) is 5. The lowest BCUT2D eigenvalue weighted by atomic mass is 10.0. The second-order valence-corrected chi connectivity index (χ2v) is 9.81. The summed E-state index contributed by atoms with van der Waals surface area (Å²) >= 11 is 0. The lowest BCUT2D eigenvalue weighted by Crippen LogP contribution is -2.46. The largest absolute Gasteiger partial charge is 0.469 e. The van der Waals surface area contributed by atoms with Crippen LogP contribution in [0.4, 0.5) is 11.8 Å². The number of hydrogen-bond donors (Lipinski definition) is 1. The van der Waals surface area contributed by atoms with Crippen molar-refractivity contribution in [1.82, 2.24) is 19.8 Å². The van der Waals surface area contributed by atoms with Crippen LogP contribution in [-0.2, 0) is 14.3 Å². The quantitative estimate of drug-likeness (QED) is 0.578. The summed E-state index contributed by atoms with van der Waals surface area (Å²) in [7, 11) is 1.38. The number of carbonyl (C=O) groups excluding carboxylic acids is 2. The monoisotopic (exact) mass is 472 g/mol. The molecule has 1 N–H and O–H groups in total. The molecule has 3 aliphatic heterocycles. The van der Waals surface area contributed by atoms with Gasteiger partial charge < -0.3 is 19.9 Å². The molecule has 0 bridgehead atoms. The average molecular weight is 473 g/mol. The number of rotatable bonds is 8. The van der Waals surface area contributed by atoms with Crippen molar-refractivity contribution in [1.29, 1.82) is 0 Å². The highest BCUT2D eigenvalue weighted by atomic mass is 16.5. The number of nitrogens with one attached hydrogen (secondary N) is 1. The van der Waals surface area contributed by atoms with Crippen LogP contribution in [0, 0.1) is 0 Å². The summed E-state index contributed by atoms with van der Waals surface area (Å²) in [5, 5.41) is 3.58. The first-order valence-electron chi connectivity index (χ1n) is 13.1. The molecular weight excluding hydrogens is 432 g/mol. The van der Waals surface area contributed by atoms with E-state index in [0.29, 0.717) is 31.3 Å². The minimum atomic E-state index is -0.247. The van der Waals surface area contributed by atoms with Crippen LogP contribution in [0.15, 0.2) is 12.3 Å². The molecule has 188 valence electrons. The Hall–Kier alpha value is -2.42. The third kappa shape index (κ3) is 6.81. The maximum Gasteiger partial charge on any atom is 0.305 e. The van der Waals surface area contributed by atoms with Gasteiger partial charge in [0.05, 0.1) is 7.11 Å². The Bertz CT molecular complexity index is 806. The number of esters is 1. The van der Waals surface area contributed by atoms with Gasteiger partial charge in [0.25, 0.3) is 0 Å². The Morgan fingerprint density at radius 1 is 1.03 bits per heavy atom. The predicted octanol–water partition coefficient (Wildman–Crippen LogP) is 2.68. The second-order valence-electron chi connectivity index (χ2n) is 9.81. The zero-order chi connectivity index (χ0) is 23.8. The third-order valence-electron chi connectivity index (χ3n) is 7.46. The summed E-state index contributed by atoms with van der Waals surface area (Å²) in [6, 6.07) is 2.91. The van der Waals surface area contributed by atoms with E-state index < -0.39 is 0 Å². The molecule has 0 radical (unpaired) electrons. The van der Waals surface area contributed by atoms with Crippen molar-refractivity contribution >= 4 is 23.6 Å². The number of methoxy groups -OCH3 is 1. The van der Waals surface area contributed by atoms with Crippen LogP contribution in [0.3, 0.4) is 0 Å². The van der Waals surface area contributed by atoms with E-state index in [1.807, 2.05) is 17.2 Å². The molecule has 4 rings (SSSR count). The van der Waals surface area contributed by atoms with Gasteiger partial charge in [0.1, 0.15) is 5.82 Å². The van der Waals surface area contributed by atoms with E-state index in [1.54, 1.807) is 0 Å². The molecule has 1 aromatic rings. The molecule has 3 aliphatic rings. The Balaban J connectivity index is 1.20. The lowest BCUT2D eigenvalue weighted by molar-refractivity contribution is -0.141. The van der Waals surface area contributed by atoms with Crippen LogP contribution < -0.4 is 10.2 Å². The van der Waals surface area contributed by atoms with Crippen molar-refractivity contribution < 1.29 is 14.3 Å². The van der Waals surface area contributed by atoms with Crippen molar-refractivity contribution in [3.63, 3.8) is 0 Å². The third-order valence-corrected chi connectivity index (χ3v) is 7.46. The first-order chi connectivity index (χ1) is 16.6. The number of amides is 1. The summed E-state index contributed by atoms with van der Waals surface area (Å²) in [5.41, 5.74) is 0. The van der Waals surface area contributed by atoms with Gasteiger partial charge in [-0.25, -0.2) is 4.98 Å². The van der Waals surface area contributed by atoms with Crippen LogP contribution in [0.25, 0.3) is 0 Å². The SMILES string of the molecule is COC(=O)CCCC(=O)N1CCC(N2CCC(Nc3nccc(N4CCCCCC4)n3)C2)CC1. The standard InChI is InChI=1S/C25H40N6O3/c1-34-24(33)8-6-7-23(32)30-17-11-21(12-18-30)31-16-10-20(19-31)27-25-26-13-9-22(28-25)29-14-4-2-3-5-15-29/h9,13,20-21H,2-8,10-12,14-19H2,1H3,(H,26,27,28). The summed E-state index contributed by atoms with van der Waals surface area (Å²) in [4.78, 5) is 39.9. The zero-order valence-electron chi connectivity index (χ0n) is 20.6. The van der Waals surface area contributed by atoms with Gasteiger partial charge in [-0.05, 0) is 44.6 Å². The minimum absolute atomic E-state index is 0.157. The maximum atomic E-state index is 12.4. The topological polar surface area (TPSA) is 90.9 Å². The first kappa shape index (κ1) is 24.7. The van der Waals surface area contributed by atoms with Gasteiger partial charge in [0.2, 0.25) is 11.9 Å². The molecule has 4 heterocycles. The molecule has 3 fully saturated rings. The van der Waals surface area contributed by atoms with Crippen LogP contribution in [0.1, 0.15) is 64.2 Å². The van der Waals surface area contributed by atoms with Crippen LogP contribution in [-0.4, -0.2) is 90.1 Å². The average Bonchev–Trinajstić information content (AvgIpc) is 3.15. The summed E-state index contributed by atoms with van der Waals surface area (Å²) < 4.78 is 4.65. The Morgan fingerprint density at radius 2 is 1.79 bits per heavy atom. The van der Waals surface area contributed by atoms with Gasteiger partial charge in [0, 0.05) is 70.4 Å². The fourth-order valence-electron chi connectivity index (χ4n) is 5.44. The maximum absolute atomic E-state index is 12.4. The lowest BCUT2D eigenvalue weighted by Gasteiger charge is -2.37. The number of ether oxygens (including phenoxy) is 1. The molecule has 1 unspecified atom stereocenters. The minimum Gasteiger partial charge on any atom is -0.469 e. The van der Waals surface area contributed by atoms with Gasteiger partial charge in [-0.3, -0.25) is 14.5 Å². The number of hydrogen-bond acceptors (Lipinski definition) is 8. The van der Waals surface area contributed by atoms with Crippen molar-refractivity contribution in [2.75, 3.05) is 56.6 Å². The second kappa shape index (κ2) is 12.3. The fourth-order valence-corrected chi connectivity index (χ4v) is 5.44. The van der Waals surface area contributed by atoms with E-state index in [2.05, 4.69) is 24.8 Å². The number of anilines is 2. The summed E-state index contributed by atoms with van der Waals surface area (Å²) in [6.45, 7) is 5.84. The van der Waals surface area contributed by atoms with Gasteiger partial charge in [-0.2, -0.15) is 4.98 Å². The van der Waals surface area contributed by atoms with Crippen molar-refractivity contribution in [3.8, 4) is 0 Å². The number of piperidine rings is 1. The Morgan fingerprint density at radius 3 is 2.53 bits per heavy atom. The van der Waals surface area contributed by atoms with Crippen molar-refractivity contribution in [3.05, 3.63) is 12.3 Å². The van der Waals surface area contributed by atoms with Crippen LogP contribution in [0.2, 0.25) is 0 Å². The molecule has 3 saturated heterocycles. The van der Waals surface area contributed by atoms with Gasteiger partial charge in [-0.15, -0.1) is 0 Å². The molecule has 34 heavy (non-hydrogen) atoms. The smallest absolute Gasteiger partial charge is 0.305 e. The fraction of sp³-hybridized carbons (Fsp3) is 0.760. The van der Waals surface area contributed by atoms with Crippen LogP contribution >= 0.6 is 0 Å². The number of likely N-dealkylation sites (tertiary alicyclic amines) is 2. The molecule has 1 atom stereocenters. The van der Waals surface area contributed by atoms with Gasteiger partial charge in [-0.1, -0.05) is 12.8 Å². The molecule has 0 saturated carbocycles. The normalized spacial score (nSPS) is 22.4. The summed E-state index contributed by atoms with van der Waals surface area (Å²) in [6.07, 6.45) is 11.4. The van der Waals surface area contributed by atoms with Gasteiger partial charge >= 0.3 is 5.97 Å². The molecule has 0 spiro atoms. The highest BCUT2D eigenvalue weighted by Gasteiger charge is 2.32. The molecule has 0 aliphatic carbocycles. The van der Waals surface area contributed by atoms with E-state index in [9.17, 15) is 9.59 Å². The molecule has 1 amide bonds. The van der Waals surface area contributed by atoms with Crippen molar-refractivity contribution in [2.24, 2.45) is 0 Å². The molecule has 0 aromatic carbocycles. The Kier molecular flexibility index (Phi) is 8.96. The van der Waals surface area contributed by atoms with E-state index in [0.717, 1.165) is 70.3 Å². The molecule has 9 nitrogen and oxygen atoms in total. The predicted molar refractivity (Wildman–Crippen MR) is 132 cm³/mol. The van der Waals surface area contributed by atoms with E-state index in [1.165, 1.54) is 32.8 Å². The highest BCUT2D eigenvalue weighted by molar-refractivity contribution is 5.77. The van der Waals surface area contributed by atoms with E-state index in [4.69, 9.17) is 4.98 Å². The molecule has 9 heteroatoms. The van der Waals surface area contributed by atoms with Crippen molar-refractivity contribution in [2.45, 2.75) is 76.3 Å². The van der Waals surface area contributed by atoms with Gasteiger partial charge in [0.15, 0.2) is 0 Å². The number of carbonyl (C=O) groups is 2. The zero-order valence-corrected chi connectivity index (χ0v) is 20.6.